The quantitative estimate of drug-likeness (QED) is 0.640. The highest BCUT2D eigenvalue weighted by molar-refractivity contribution is 14.1. The third-order valence-electron chi connectivity index (χ3n) is 2.66. The van der Waals surface area contributed by atoms with Crippen molar-refractivity contribution in [1.82, 2.24) is 0 Å². The topological polar surface area (TPSA) is 72.5 Å². The number of rotatable bonds is 3. The summed E-state index contributed by atoms with van der Waals surface area (Å²) < 4.78 is 6.66. The minimum Gasteiger partial charge on any atom is -0.478 e. The third kappa shape index (κ3) is 2.98. The van der Waals surface area contributed by atoms with Gasteiger partial charge in [-0.25, -0.2) is 4.79 Å². The number of aryl methyl sites for hydroxylation is 1. The molecule has 98 valence electrons. The number of hydrogen-bond acceptors (Lipinski definition) is 3. The molecule has 2 aromatic rings. The molecule has 2 rings (SSSR count). The van der Waals surface area contributed by atoms with E-state index in [0.29, 0.717) is 17.1 Å². The first-order chi connectivity index (χ1) is 8.99. The fourth-order valence-electron chi connectivity index (χ4n) is 1.66. The van der Waals surface area contributed by atoms with Crippen molar-refractivity contribution in [2.75, 3.05) is 5.73 Å². The lowest BCUT2D eigenvalue weighted by Crippen LogP contribution is -2.04. The first-order valence-corrected chi connectivity index (χ1v) is 6.62. The molecule has 0 aromatic heterocycles. The van der Waals surface area contributed by atoms with Gasteiger partial charge in [0.05, 0.1) is 9.13 Å². The van der Waals surface area contributed by atoms with Crippen LogP contribution >= 0.6 is 22.6 Å². The lowest BCUT2D eigenvalue weighted by molar-refractivity contribution is 0.0697. The summed E-state index contributed by atoms with van der Waals surface area (Å²) in [7, 11) is 0. The number of carboxylic acids is 1. The van der Waals surface area contributed by atoms with Crippen molar-refractivity contribution < 1.29 is 14.6 Å². The number of carboxylic acid groups (broad SMARTS) is 1. The molecule has 0 amide bonds. The second-order valence-electron chi connectivity index (χ2n) is 4.04. The molecule has 0 bridgehead atoms. The fraction of sp³-hybridized carbons (Fsp3) is 0.0714. The van der Waals surface area contributed by atoms with Gasteiger partial charge >= 0.3 is 5.97 Å². The van der Waals surface area contributed by atoms with Crippen LogP contribution in [-0.4, -0.2) is 11.1 Å². The van der Waals surface area contributed by atoms with E-state index in [-0.39, 0.29) is 11.3 Å². The van der Waals surface area contributed by atoms with E-state index in [1.807, 2.05) is 24.3 Å². The molecule has 0 saturated heterocycles. The molecule has 0 saturated carbocycles. The zero-order valence-corrected chi connectivity index (χ0v) is 12.3. The van der Waals surface area contributed by atoms with Crippen molar-refractivity contribution in [3.8, 4) is 11.5 Å². The fourth-order valence-corrected chi connectivity index (χ4v) is 2.15. The van der Waals surface area contributed by atoms with Crippen LogP contribution in [0.2, 0.25) is 0 Å². The van der Waals surface area contributed by atoms with E-state index < -0.39 is 5.97 Å². The summed E-state index contributed by atoms with van der Waals surface area (Å²) in [4.78, 5) is 11.1. The zero-order chi connectivity index (χ0) is 14.0. The average molecular weight is 369 g/mol. The van der Waals surface area contributed by atoms with Crippen molar-refractivity contribution in [2.45, 2.75) is 6.92 Å². The lowest BCUT2D eigenvalue weighted by atomic mass is 10.1. The molecule has 0 atom stereocenters. The molecule has 0 unspecified atom stereocenters. The highest BCUT2D eigenvalue weighted by atomic mass is 127. The molecule has 3 N–H and O–H groups in total. The largest absolute Gasteiger partial charge is 0.478 e. The molecular weight excluding hydrogens is 357 g/mol. The highest BCUT2D eigenvalue weighted by Crippen LogP contribution is 2.30. The number of benzene rings is 2. The predicted molar refractivity (Wildman–Crippen MR) is 81.8 cm³/mol. The monoisotopic (exact) mass is 369 g/mol. The van der Waals surface area contributed by atoms with Gasteiger partial charge in [-0.15, -0.1) is 0 Å². The van der Waals surface area contributed by atoms with Crippen molar-refractivity contribution >= 4 is 34.2 Å². The van der Waals surface area contributed by atoms with E-state index >= 15 is 0 Å². The van der Waals surface area contributed by atoms with Gasteiger partial charge in [0.15, 0.2) is 0 Å². The number of aromatic carboxylic acids is 1. The van der Waals surface area contributed by atoms with Crippen molar-refractivity contribution in [3.63, 3.8) is 0 Å². The Hall–Kier alpha value is -1.76. The third-order valence-corrected chi connectivity index (χ3v) is 3.55. The first kappa shape index (κ1) is 13.7. The van der Waals surface area contributed by atoms with Gasteiger partial charge in [-0.05, 0) is 59.3 Å². The lowest BCUT2D eigenvalue weighted by Gasteiger charge is -2.11. The Morgan fingerprint density at radius 1 is 1.32 bits per heavy atom. The molecule has 0 aliphatic heterocycles. The summed E-state index contributed by atoms with van der Waals surface area (Å²) in [6.45, 7) is 1.75. The van der Waals surface area contributed by atoms with Crippen molar-refractivity contribution in [2.24, 2.45) is 0 Å². The number of para-hydroxylation sites is 1. The zero-order valence-electron chi connectivity index (χ0n) is 10.2. The molecule has 19 heavy (non-hydrogen) atoms. The predicted octanol–water partition coefficient (Wildman–Crippen LogP) is 3.67. The van der Waals surface area contributed by atoms with Crippen LogP contribution in [0, 0.1) is 10.5 Å². The van der Waals surface area contributed by atoms with Gasteiger partial charge < -0.3 is 15.6 Å². The maximum absolute atomic E-state index is 11.1. The number of halogens is 1. The molecule has 0 aliphatic rings. The highest BCUT2D eigenvalue weighted by Gasteiger charge is 2.13. The van der Waals surface area contributed by atoms with Crippen molar-refractivity contribution in [3.05, 3.63) is 51.1 Å². The van der Waals surface area contributed by atoms with Crippen molar-refractivity contribution in [1.29, 1.82) is 0 Å². The van der Waals surface area contributed by atoms with Gasteiger partial charge in [-0.1, -0.05) is 12.1 Å². The molecule has 0 fully saturated rings. The number of anilines is 1. The number of nitrogen functional groups attached to an aromatic ring is 1. The molecule has 0 radical (unpaired) electrons. The normalized spacial score (nSPS) is 10.2. The first-order valence-electron chi connectivity index (χ1n) is 5.55. The molecule has 0 aliphatic carbocycles. The van der Waals surface area contributed by atoms with Crippen LogP contribution in [0.5, 0.6) is 11.5 Å². The van der Waals surface area contributed by atoms with E-state index in [9.17, 15) is 4.79 Å². The minimum atomic E-state index is -1.06. The number of carbonyl (C=O) groups is 1. The van der Waals surface area contributed by atoms with Gasteiger partial charge in [0.2, 0.25) is 0 Å². The van der Waals surface area contributed by atoms with Crippen LogP contribution in [-0.2, 0) is 0 Å². The van der Waals surface area contributed by atoms with Gasteiger partial charge in [0, 0.05) is 5.69 Å². The Labute approximate surface area is 124 Å². The van der Waals surface area contributed by atoms with Gasteiger partial charge in [0.25, 0.3) is 0 Å². The average Bonchev–Trinajstić information content (AvgIpc) is 2.36. The molecule has 2 aromatic carbocycles. The summed E-state index contributed by atoms with van der Waals surface area (Å²) in [5, 5.41) is 9.10. The van der Waals surface area contributed by atoms with E-state index in [1.54, 1.807) is 13.0 Å². The van der Waals surface area contributed by atoms with Crippen LogP contribution in [0.15, 0.2) is 36.4 Å². The van der Waals surface area contributed by atoms with E-state index in [1.165, 1.54) is 6.07 Å². The SMILES string of the molecule is Cc1cc(Oc2ccccc2I)cc(C(=O)O)c1N. The standard InChI is InChI=1S/C14H12INO3/c1-8-6-9(7-10(13(8)16)14(17)18)19-12-5-3-2-4-11(12)15/h2-7H,16H2,1H3,(H,17,18). The summed E-state index contributed by atoms with van der Waals surface area (Å²) >= 11 is 2.16. The second-order valence-corrected chi connectivity index (χ2v) is 5.20. The summed E-state index contributed by atoms with van der Waals surface area (Å²) in [5.74, 6) is 0.0886. The van der Waals surface area contributed by atoms with Gasteiger partial charge in [0.1, 0.15) is 11.5 Å². The Bertz CT molecular complexity index is 641. The Morgan fingerprint density at radius 3 is 2.63 bits per heavy atom. The number of nitrogens with two attached hydrogens (primary N) is 1. The minimum absolute atomic E-state index is 0.0564. The molecule has 5 heteroatoms. The summed E-state index contributed by atoms with van der Waals surface area (Å²) in [5.41, 5.74) is 6.74. The molecular formula is C14H12INO3. The molecule has 4 nitrogen and oxygen atoms in total. The van der Waals surface area contributed by atoms with Crippen LogP contribution in [0.4, 0.5) is 5.69 Å². The van der Waals surface area contributed by atoms with Gasteiger partial charge in [-0.2, -0.15) is 0 Å². The molecule has 0 spiro atoms. The Balaban J connectivity index is 2.42. The van der Waals surface area contributed by atoms with E-state index in [4.69, 9.17) is 15.6 Å². The second kappa shape index (κ2) is 5.48. The van der Waals surface area contributed by atoms with Crippen LogP contribution in [0.3, 0.4) is 0 Å². The van der Waals surface area contributed by atoms with E-state index in [2.05, 4.69) is 22.6 Å². The smallest absolute Gasteiger partial charge is 0.337 e. The Morgan fingerprint density at radius 2 is 2.00 bits per heavy atom. The van der Waals surface area contributed by atoms with E-state index in [0.717, 1.165) is 3.57 Å². The maximum Gasteiger partial charge on any atom is 0.337 e. The summed E-state index contributed by atoms with van der Waals surface area (Å²) in [6.07, 6.45) is 0. The van der Waals surface area contributed by atoms with Crippen LogP contribution in [0.25, 0.3) is 0 Å². The van der Waals surface area contributed by atoms with Crippen LogP contribution in [0.1, 0.15) is 15.9 Å². The number of ether oxygens (including phenoxy) is 1. The Kier molecular flexibility index (Phi) is 3.94. The number of hydrogen-bond donors (Lipinski definition) is 2. The van der Waals surface area contributed by atoms with Gasteiger partial charge in [-0.3, -0.25) is 0 Å². The maximum atomic E-state index is 11.1. The van der Waals surface area contributed by atoms with Crippen LogP contribution < -0.4 is 10.5 Å². The summed E-state index contributed by atoms with van der Waals surface area (Å²) in [6, 6.07) is 10.7. The molecule has 0 heterocycles.